The van der Waals surface area contributed by atoms with Crippen molar-refractivity contribution in [2.75, 3.05) is 5.32 Å². The molecular weight excluding hydrogens is 392 g/mol. The molecule has 0 aliphatic heterocycles. The number of aromatic amines is 1. The number of nitrogens with zero attached hydrogens (tertiary/aromatic N) is 1. The van der Waals surface area contributed by atoms with Crippen LogP contribution >= 0.6 is 11.6 Å². The van der Waals surface area contributed by atoms with Gasteiger partial charge in [0.2, 0.25) is 5.91 Å². The topological polar surface area (TPSA) is 107 Å². The number of anilines is 1. The Morgan fingerprint density at radius 1 is 1.21 bits per heavy atom. The van der Waals surface area contributed by atoms with Gasteiger partial charge >= 0.3 is 0 Å². The summed E-state index contributed by atoms with van der Waals surface area (Å²) in [6.07, 6.45) is 2.32. The second kappa shape index (κ2) is 8.23. The molecule has 1 aliphatic rings. The van der Waals surface area contributed by atoms with E-state index < -0.39 is 12.0 Å². The third kappa shape index (κ3) is 4.41. The smallest absolute Gasteiger partial charge is 0.253 e. The Morgan fingerprint density at radius 3 is 2.90 bits per heavy atom. The third-order valence-electron chi connectivity index (χ3n) is 5.27. The van der Waals surface area contributed by atoms with E-state index in [0.29, 0.717) is 35.5 Å². The highest BCUT2D eigenvalue weighted by Gasteiger charge is 2.32. The van der Waals surface area contributed by atoms with Gasteiger partial charge in [-0.15, -0.1) is 0 Å². The molecule has 3 atom stereocenters. The number of aliphatic hydroxyl groups is 1. The molecule has 3 aromatic rings. The molecule has 0 unspecified atom stereocenters. The first-order chi connectivity index (χ1) is 14.0. The number of nitrogens with one attached hydrogen (secondary N) is 3. The molecule has 29 heavy (non-hydrogen) atoms. The van der Waals surface area contributed by atoms with Crippen LogP contribution in [0.3, 0.4) is 0 Å². The highest BCUT2D eigenvalue weighted by Crippen LogP contribution is 2.28. The van der Waals surface area contributed by atoms with Crippen molar-refractivity contribution in [2.45, 2.75) is 31.4 Å². The number of carbonyl (C=O) groups excluding carboxylic acids is 2. The lowest BCUT2D eigenvalue weighted by molar-refractivity contribution is -0.130. The number of benzene rings is 2. The number of H-pyrrole nitrogens is 1. The van der Waals surface area contributed by atoms with Gasteiger partial charge in [-0.1, -0.05) is 23.7 Å². The van der Waals surface area contributed by atoms with Gasteiger partial charge in [-0.05, 0) is 55.2 Å². The first kappa shape index (κ1) is 19.4. The molecular formula is C21H21ClN4O3. The zero-order chi connectivity index (χ0) is 20.4. The van der Waals surface area contributed by atoms with Crippen LogP contribution in [-0.2, 0) is 9.59 Å². The lowest BCUT2D eigenvalue weighted by atomic mass is 10.1. The fraction of sp³-hybridized carbons (Fsp3) is 0.286. The Morgan fingerprint density at radius 2 is 2.07 bits per heavy atom. The van der Waals surface area contributed by atoms with E-state index in [1.807, 2.05) is 18.2 Å². The van der Waals surface area contributed by atoms with Gasteiger partial charge in [-0.2, -0.15) is 5.10 Å². The number of aromatic nitrogens is 2. The van der Waals surface area contributed by atoms with E-state index in [-0.39, 0.29) is 17.9 Å². The number of aliphatic hydroxyl groups excluding tert-OH is 1. The average molecular weight is 413 g/mol. The Kier molecular flexibility index (Phi) is 5.51. The molecule has 2 amide bonds. The first-order valence-corrected chi connectivity index (χ1v) is 9.85. The molecule has 4 rings (SSSR count). The molecule has 7 nitrogen and oxygen atoms in total. The van der Waals surface area contributed by atoms with Crippen LogP contribution in [0.15, 0.2) is 48.7 Å². The maximum absolute atomic E-state index is 12.6. The summed E-state index contributed by atoms with van der Waals surface area (Å²) in [6.45, 7) is 0. The summed E-state index contributed by atoms with van der Waals surface area (Å²) < 4.78 is 0. The molecule has 0 spiro atoms. The third-order valence-corrected chi connectivity index (χ3v) is 5.51. The van der Waals surface area contributed by atoms with E-state index in [1.54, 1.807) is 30.5 Å². The van der Waals surface area contributed by atoms with Crippen molar-refractivity contribution in [3.8, 4) is 0 Å². The van der Waals surface area contributed by atoms with Crippen molar-refractivity contribution in [1.82, 2.24) is 15.5 Å². The summed E-state index contributed by atoms with van der Waals surface area (Å²) in [5, 5.41) is 24.3. The average Bonchev–Trinajstić information content (AvgIpc) is 3.36. The lowest BCUT2D eigenvalue weighted by Crippen LogP contribution is -2.37. The van der Waals surface area contributed by atoms with Gasteiger partial charge in [0.05, 0.1) is 11.7 Å². The predicted molar refractivity (Wildman–Crippen MR) is 110 cm³/mol. The van der Waals surface area contributed by atoms with Crippen LogP contribution in [0.2, 0.25) is 5.02 Å². The predicted octanol–water partition coefficient (Wildman–Crippen LogP) is 3.17. The SMILES string of the molecule is O=C(Nc1ccc2[nH]ncc2c1)[C@@H]1CC[C@H](NC(=O)[C@H](O)c2cccc(Cl)c2)C1. The van der Waals surface area contributed by atoms with E-state index in [9.17, 15) is 14.7 Å². The standard InChI is InChI=1S/C21H21ClN4O3/c22-15-3-1-2-12(8-15)19(27)21(29)25-16-5-4-13(9-16)20(28)24-17-6-7-18-14(10-17)11-23-26-18/h1-3,6-8,10-11,13,16,19,27H,4-5,9H2,(H,23,26)(H,24,28)(H,25,29)/t13-,16+,19-/m1/s1. The number of hydrogen-bond donors (Lipinski definition) is 4. The molecule has 1 aromatic heterocycles. The Hall–Kier alpha value is -2.90. The van der Waals surface area contributed by atoms with E-state index in [2.05, 4.69) is 20.8 Å². The van der Waals surface area contributed by atoms with Crippen LogP contribution in [-0.4, -0.2) is 33.2 Å². The number of carbonyl (C=O) groups is 2. The molecule has 1 heterocycles. The van der Waals surface area contributed by atoms with Crippen LogP contribution in [0.25, 0.3) is 10.9 Å². The van der Waals surface area contributed by atoms with Crippen LogP contribution in [0, 0.1) is 5.92 Å². The van der Waals surface area contributed by atoms with Crippen molar-refractivity contribution in [3.05, 3.63) is 59.2 Å². The molecule has 4 N–H and O–H groups in total. The number of halogens is 1. The molecule has 0 bridgehead atoms. The zero-order valence-corrected chi connectivity index (χ0v) is 16.3. The summed E-state index contributed by atoms with van der Waals surface area (Å²) in [5.41, 5.74) is 2.06. The van der Waals surface area contributed by atoms with Gasteiger partial charge in [-0.3, -0.25) is 14.7 Å². The monoisotopic (exact) mass is 412 g/mol. The second-order valence-corrected chi connectivity index (χ2v) is 7.77. The van der Waals surface area contributed by atoms with Crippen LogP contribution in [0.5, 0.6) is 0 Å². The molecule has 0 saturated heterocycles. The second-order valence-electron chi connectivity index (χ2n) is 7.33. The summed E-state index contributed by atoms with van der Waals surface area (Å²) in [4.78, 5) is 25.0. The van der Waals surface area contributed by atoms with Crippen LogP contribution in [0.1, 0.15) is 30.9 Å². The Bertz CT molecular complexity index is 1050. The summed E-state index contributed by atoms with van der Waals surface area (Å²) in [6, 6.07) is 12.0. The van der Waals surface area contributed by atoms with Gasteiger partial charge in [0.25, 0.3) is 5.91 Å². The fourth-order valence-electron chi connectivity index (χ4n) is 3.72. The largest absolute Gasteiger partial charge is 0.378 e. The van der Waals surface area contributed by atoms with Crippen molar-refractivity contribution < 1.29 is 14.7 Å². The molecule has 1 fully saturated rings. The van der Waals surface area contributed by atoms with Crippen molar-refractivity contribution in [1.29, 1.82) is 0 Å². The van der Waals surface area contributed by atoms with Gasteiger partial charge in [0, 0.05) is 28.1 Å². The summed E-state index contributed by atoms with van der Waals surface area (Å²) in [5.74, 6) is -0.743. The molecule has 2 aromatic carbocycles. The molecule has 150 valence electrons. The maximum Gasteiger partial charge on any atom is 0.253 e. The van der Waals surface area contributed by atoms with Crippen molar-refractivity contribution in [2.24, 2.45) is 5.92 Å². The van der Waals surface area contributed by atoms with Crippen molar-refractivity contribution >= 4 is 40.0 Å². The van der Waals surface area contributed by atoms with E-state index >= 15 is 0 Å². The van der Waals surface area contributed by atoms with E-state index in [0.717, 1.165) is 10.9 Å². The Balaban J connectivity index is 1.32. The van der Waals surface area contributed by atoms with Gasteiger partial charge in [0.15, 0.2) is 6.10 Å². The van der Waals surface area contributed by atoms with Gasteiger partial charge in [0.1, 0.15) is 0 Å². The molecule has 1 aliphatic carbocycles. The van der Waals surface area contributed by atoms with Crippen LogP contribution in [0.4, 0.5) is 5.69 Å². The van der Waals surface area contributed by atoms with Gasteiger partial charge < -0.3 is 15.7 Å². The number of hydrogen-bond acceptors (Lipinski definition) is 4. The normalized spacial score (nSPS) is 19.8. The van der Waals surface area contributed by atoms with Crippen LogP contribution < -0.4 is 10.6 Å². The highest BCUT2D eigenvalue weighted by molar-refractivity contribution is 6.30. The minimum atomic E-state index is -1.29. The molecule has 8 heteroatoms. The highest BCUT2D eigenvalue weighted by atomic mass is 35.5. The van der Waals surface area contributed by atoms with Crippen molar-refractivity contribution in [3.63, 3.8) is 0 Å². The summed E-state index contributed by atoms with van der Waals surface area (Å²) >= 11 is 5.92. The molecule has 0 radical (unpaired) electrons. The minimum Gasteiger partial charge on any atom is -0.378 e. The Labute approximate surface area is 172 Å². The summed E-state index contributed by atoms with van der Waals surface area (Å²) in [7, 11) is 0. The van der Waals surface area contributed by atoms with E-state index in [4.69, 9.17) is 11.6 Å². The van der Waals surface area contributed by atoms with E-state index in [1.165, 1.54) is 0 Å². The quantitative estimate of drug-likeness (QED) is 0.516. The lowest BCUT2D eigenvalue weighted by Gasteiger charge is -2.17. The number of fused-ring (bicyclic) bond motifs is 1. The zero-order valence-electron chi connectivity index (χ0n) is 15.6. The maximum atomic E-state index is 12.6. The number of amides is 2. The number of rotatable bonds is 5. The minimum absolute atomic E-state index is 0.0695. The first-order valence-electron chi connectivity index (χ1n) is 9.47. The molecule has 1 saturated carbocycles. The van der Waals surface area contributed by atoms with Gasteiger partial charge in [-0.25, -0.2) is 0 Å². The fourth-order valence-corrected chi connectivity index (χ4v) is 3.92.